The van der Waals surface area contributed by atoms with Gasteiger partial charge in [0.1, 0.15) is 0 Å². The van der Waals surface area contributed by atoms with Gasteiger partial charge in [-0.15, -0.1) is 15.3 Å². The fraction of sp³-hybridized carbons (Fsp3) is 0.147. The lowest BCUT2D eigenvalue weighted by Gasteiger charge is -2.23. The molecular weight excluding hydrogens is 620 g/mol. The summed E-state index contributed by atoms with van der Waals surface area (Å²) in [7, 11) is 0. The number of rotatable bonds is 12. The predicted octanol–water partition coefficient (Wildman–Crippen LogP) is 7.30. The topological polar surface area (TPSA) is 177 Å². The number of nitro benzene ring substituents is 1. The van der Waals surface area contributed by atoms with Crippen LogP contribution in [0.15, 0.2) is 106 Å². The highest BCUT2D eigenvalue weighted by Crippen LogP contribution is 2.24. The SMILES string of the molecule is Cc1cc(N(CCC#N)CCC#N)ccc1/C(N=Nc1ccc([N+](=O)[O-])cc1)=N\NC(=O)c1cc(Cl)ccc1C(=O)c1ccccc1. The minimum atomic E-state index is -0.719. The molecule has 0 radical (unpaired) electrons. The third-order valence-electron chi connectivity index (χ3n) is 6.89. The van der Waals surface area contributed by atoms with Crippen molar-refractivity contribution in [3.05, 3.63) is 134 Å². The van der Waals surface area contributed by atoms with Gasteiger partial charge >= 0.3 is 0 Å². The van der Waals surface area contributed by atoms with Crippen LogP contribution in [-0.4, -0.2) is 35.5 Å². The van der Waals surface area contributed by atoms with Crippen LogP contribution < -0.4 is 10.3 Å². The van der Waals surface area contributed by atoms with Crippen LogP contribution >= 0.6 is 11.6 Å². The molecule has 0 saturated heterocycles. The van der Waals surface area contributed by atoms with Crippen LogP contribution in [0.3, 0.4) is 0 Å². The van der Waals surface area contributed by atoms with Crippen molar-refractivity contribution in [1.29, 1.82) is 10.5 Å². The standard InChI is InChI=1S/C34H27ClN8O4/c1-23-21-28(42(19-5-17-36)20-6-18-37)14-16-29(23)33(39-38-26-10-12-27(13-11-26)43(46)47)40-41-34(45)31-22-25(35)9-15-30(31)32(44)24-7-3-2-4-8-24/h2-4,7-16,21-22H,5-6,19-20H2,1H3,(H,41,45)/b39-38?,40-33+. The fourth-order valence-corrected chi connectivity index (χ4v) is 4.70. The molecule has 234 valence electrons. The number of anilines is 1. The Labute approximate surface area is 275 Å². The Balaban J connectivity index is 1.71. The van der Waals surface area contributed by atoms with Crippen molar-refractivity contribution in [2.45, 2.75) is 19.8 Å². The maximum atomic E-state index is 13.5. The molecule has 0 unspecified atom stereocenters. The molecule has 0 aliphatic rings. The zero-order valence-corrected chi connectivity index (χ0v) is 25.9. The molecule has 0 saturated carbocycles. The van der Waals surface area contributed by atoms with E-state index < -0.39 is 10.8 Å². The van der Waals surface area contributed by atoms with E-state index in [4.69, 9.17) is 22.1 Å². The maximum Gasteiger partial charge on any atom is 0.272 e. The Morgan fingerprint density at radius 2 is 1.55 bits per heavy atom. The van der Waals surface area contributed by atoms with Crippen molar-refractivity contribution in [1.82, 2.24) is 5.43 Å². The maximum absolute atomic E-state index is 13.5. The number of nitrogens with zero attached hydrogens (tertiary/aromatic N) is 7. The molecule has 0 atom stereocenters. The van der Waals surface area contributed by atoms with Gasteiger partial charge in [-0.05, 0) is 61.0 Å². The summed E-state index contributed by atoms with van der Waals surface area (Å²) >= 11 is 6.20. The zero-order valence-electron chi connectivity index (χ0n) is 25.1. The van der Waals surface area contributed by atoms with E-state index in [0.717, 1.165) is 5.69 Å². The van der Waals surface area contributed by atoms with E-state index in [0.29, 0.717) is 35.5 Å². The number of carbonyl (C=O) groups is 2. The second-order valence-electron chi connectivity index (χ2n) is 10.0. The molecular formula is C34H27ClN8O4. The van der Waals surface area contributed by atoms with Crippen LogP contribution in [-0.2, 0) is 0 Å². The summed E-state index contributed by atoms with van der Waals surface area (Å²) in [4.78, 5) is 39.2. The van der Waals surface area contributed by atoms with Crippen LogP contribution in [0.25, 0.3) is 0 Å². The highest BCUT2D eigenvalue weighted by atomic mass is 35.5. The Kier molecular flexibility index (Phi) is 11.6. The van der Waals surface area contributed by atoms with Gasteiger partial charge in [0.2, 0.25) is 5.84 Å². The molecule has 12 nitrogen and oxygen atoms in total. The Morgan fingerprint density at radius 1 is 0.894 bits per heavy atom. The average Bonchev–Trinajstić information content (AvgIpc) is 3.08. The second kappa shape index (κ2) is 16.2. The molecule has 0 bridgehead atoms. The Bertz CT molecular complexity index is 1910. The van der Waals surface area contributed by atoms with E-state index in [1.165, 1.54) is 42.5 Å². The third-order valence-corrected chi connectivity index (χ3v) is 7.13. The molecule has 0 heterocycles. The van der Waals surface area contributed by atoms with Crippen molar-refractivity contribution in [3.8, 4) is 12.1 Å². The van der Waals surface area contributed by atoms with E-state index in [1.807, 2.05) is 11.0 Å². The van der Waals surface area contributed by atoms with Crippen LogP contribution in [0.1, 0.15) is 50.2 Å². The van der Waals surface area contributed by atoms with E-state index in [9.17, 15) is 19.7 Å². The molecule has 1 N–H and O–H groups in total. The molecule has 4 aromatic rings. The lowest BCUT2D eigenvalue weighted by Crippen LogP contribution is -2.25. The number of carbonyl (C=O) groups excluding carboxylic acids is 2. The van der Waals surface area contributed by atoms with E-state index in [1.54, 1.807) is 49.4 Å². The number of aryl methyl sites for hydroxylation is 1. The summed E-state index contributed by atoms with van der Waals surface area (Å²) in [6, 6.07) is 27.8. The summed E-state index contributed by atoms with van der Waals surface area (Å²) in [6.07, 6.45) is 0.541. The lowest BCUT2D eigenvalue weighted by molar-refractivity contribution is -0.384. The van der Waals surface area contributed by atoms with Crippen molar-refractivity contribution < 1.29 is 14.5 Å². The number of azo groups is 1. The molecule has 0 spiro atoms. The first kappa shape index (κ1) is 33.6. The third kappa shape index (κ3) is 8.91. The largest absolute Gasteiger partial charge is 0.369 e. The first-order valence-electron chi connectivity index (χ1n) is 14.2. The highest BCUT2D eigenvalue weighted by molar-refractivity contribution is 6.31. The Morgan fingerprint density at radius 3 is 2.17 bits per heavy atom. The molecule has 1 amide bonds. The monoisotopic (exact) mass is 646 g/mol. The summed E-state index contributed by atoms with van der Waals surface area (Å²) in [6.45, 7) is 2.66. The quantitative estimate of drug-likeness (QED) is 0.0419. The lowest BCUT2D eigenvalue weighted by atomic mass is 9.98. The van der Waals surface area contributed by atoms with Crippen LogP contribution in [0.5, 0.6) is 0 Å². The summed E-state index contributed by atoms with van der Waals surface area (Å²) in [5, 5.41) is 42.2. The first-order valence-corrected chi connectivity index (χ1v) is 14.6. The van der Waals surface area contributed by atoms with Crippen molar-refractivity contribution in [2.75, 3.05) is 18.0 Å². The van der Waals surface area contributed by atoms with Crippen LogP contribution in [0.4, 0.5) is 17.1 Å². The van der Waals surface area contributed by atoms with Crippen molar-refractivity contribution >= 4 is 46.2 Å². The summed E-state index contributed by atoms with van der Waals surface area (Å²) < 4.78 is 0. The average molecular weight is 647 g/mol. The van der Waals surface area contributed by atoms with E-state index >= 15 is 0 Å². The van der Waals surface area contributed by atoms with E-state index in [-0.39, 0.29) is 46.3 Å². The Hall–Kier alpha value is -6.24. The molecule has 47 heavy (non-hydrogen) atoms. The van der Waals surface area contributed by atoms with E-state index in [2.05, 4.69) is 32.9 Å². The van der Waals surface area contributed by atoms with Gasteiger partial charge in [0, 0.05) is 52.6 Å². The number of nitrogens with one attached hydrogen (secondary N) is 1. The molecule has 0 aromatic heterocycles. The molecule has 0 aliphatic carbocycles. The zero-order chi connectivity index (χ0) is 33.8. The van der Waals surface area contributed by atoms with Crippen molar-refractivity contribution in [2.24, 2.45) is 15.3 Å². The van der Waals surface area contributed by atoms with Gasteiger partial charge in [-0.2, -0.15) is 10.5 Å². The van der Waals surface area contributed by atoms with Gasteiger partial charge in [-0.1, -0.05) is 41.9 Å². The number of hydrogen-bond acceptors (Lipinski definition) is 9. The molecule has 0 aliphatic heterocycles. The van der Waals surface area contributed by atoms with Crippen LogP contribution in [0, 0.1) is 39.7 Å². The summed E-state index contributed by atoms with van der Waals surface area (Å²) in [5.74, 6) is -1.10. The number of non-ortho nitro benzene ring substituents is 1. The number of nitro groups is 1. The number of hydrogen-bond donors (Lipinski definition) is 1. The molecule has 4 aromatic carbocycles. The van der Waals surface area contributed by atoms with Gasteiger partial charge in [-0.25, -0.2) is 5.43 Å². The second-order valence-corrected chi connectivity index (χ2v) is 10.5. The van der Waals surface area contributed by atoms with Gasteiger partial charge in [-0.3, -0.25) is 19.7 Å². The number of ketones is 1. The number of benzene rings is 4. The highest BCUT2D eigenvalue weighted by Gasteiger charge is 2.20. The van der Waals surface area contributed by atoms with Gasteiger partial charge in [0.15, 0.2) is 5.78 Å². The minimum Gasteiger partial charge on any atom is -0.369 e. The predicted molar refractivity (Wildman–Crippen MR) is 177 cm³/mol. The number of amidine groups is 1. The smallest absolute Gasteiger partial charge is 0.272 e. The number of hydrazone groups is 1. The fourth-order valence-electron chi connectivity index (χ4n) is 4.53. The first-order chi connectivity index (χ1) is 22.7. The number of nitriles is 2. The van der Waals surface area contributed by atoms with Gasteiger partial charge in [0.25, 0.3) is 11.6 Å². The molecule has 0 fully saturated rings. The molecule has 4 rings (SSSR count). The number of amides is 1. The van der Waals surface area contributed by atoms with Gasteiger partial charge in [0.05, 0.1) is 41.2 Å². The van der Waals surface area contributed by atoms with Gasteiger partial charge < -0.3 is 4.90 Å². The normalized spacial score (nSPS) is 11.0. The minimum absolute atomic E-state index is 0.000502. The van der Waals surface area contributed by atoms with Crippen LogP contribution in [0.2, 0.25) is 5.02 Å². The summed E-state index contributed by atoms with van der Waals surface area (Å²) in [5.41, 5.74) is 5.12. The van der Waals surface area contributed by atoms with Crippen molar-refractivity contribution in [3.63, 3.8) is 0 Å². The molecule has 13 heteroatoms. The number of halogens is 1.